The third-order valence-corrected chi connectivity index (χ3v) is 2.11. The molecule has 0 aliphatic carbocycles. The molecule has 0 unspecified atom stereocenters. The molecule has 18 heavy (non-hydrogen) atoms. The Hall–Kier alpha value is -2.20. The Morgan fingerprint density at radius 1 is 0.778 bits per heavy atom. The van der Waals surface area contributed by atoms with Crippen molar-refractivity contribution in [3.8, 4) is 0 Å². The van der Waals surface area contributed by atoms with Gasteiger partial charge in [-0.3, -0.25) is 0 Å². The first-order chi connectivity index (χ1) is 8.65. The third kappa shape index (κ3) is 4.76. The number of hydrogen-bond acceptors (Lipinski definition) is 4. The zero-order chi connectivity index (χ0) is 13.4. The lowest BCUT2D eigenvalue weighted by Gasteiger charge is -2.06. The number of nitrogens with one attached hydrogen (secondary N) is 1. The van der Waals surface area contributed by atoms with Gasteiger partial charge in [0.15, 0.2) is 0 Å². The van der Waals surface area contributed by atoms with Crippen LogP contribution in [0.5, 0.6) is 0 Å². The fourth-order valence-corrected chi connectivity index (χ4v) is 1.30. The van der Waals surface area contributed by atoms with Crippen LogP contribution in [0, 0.1) is 0 Å². The van der Waals surface area contributed by atoms with E-state index < -0.39 is 0 Å². The first kappa shape index (κ1) is 13.9. The molecule has 0 aliphatic rings. The summed E-state index contributed by atoms with van der Waals surface area (Å²) in [5.74, 6) is 0. The average Bonchev–Trinajstić information content (AvgIpc) is 2.36. The Kier molecular flexibility index (Phi) is 5.54. The summed E-state index contributed by atoms with van der Waals surface area (Å²) in [6, 6.07) is 15.2. The summed E-state index contributed by atoms with van der Waals surface area (Å²) in [4.78, 5) is 0. The topological polar surface area (TPSA) is 90.1 Å². The van der Waals surface area contributed by atoms with Gasteiger partial charge in [-0.2, -0.15) is 0 Å². The van der Waals surface area contributed by atoms with Crippen LogP contribution in [0.25, 0.3) is 0 Å². The maximum atomic E-state index is 5.60. The van der Waals surface area contributed by atoms with E-state index in [0.717, 1.165) is 29.3 Å². The van der Waals surface area contributed by atoms with Crippen molar-refractivity contribution in [1.82, 2.24) is 0 Å². The molecule has 4 heteroatoms. The first-order valence-electron chi connectivity index (χ1n) is 5.84. The highest BCUT2D eigenvalue weighted by Crippen LogP contribution is 2.18. The molecule has 7 N–H and O–H groups in total. The Labute approximate surface area is 108 Å². The van der Waals surface area contributed by atoms with Crippen molar-refractivity contribution in [1.29, 1.82) is 0 Å². The summed E-state index contributed by atoms with van der Waals surface area (Å²) in [5.41, 5.74) is 19.6. The highest BCUT2D eigenvalue weighted by atomic mass is 14.9. The highest BCUT2D eigenvalue weighted by Gasteiger charge is 1.93. The van der Waals surface area contributed by atoms with E-state index in [4.69, 9.17) is 17.2 Å². The predicted molar refractivity (Wildman–Crippen MR) is 79.7 cm³/mol. The zero-order valence-corrected chi connectivity index (χ0v) is 10.6. The fraction of sp³-hybridized carbons (Fsp3) is 0.143. The van der Waals surface area contributed by atoms with Gasteiger partial charge in [0.1, 0.15) is 0 Å². The van der Waals surface area contributed by atoms with Crippen molar-refractivity contribution in [2.24, 2.45) is 5.73 Å². The zero-order valence-electron chi connectivity index (χ0n) is 10.6. The lowest BCUT2D eigenvalue weighted by Crippen LogP contribution is -1.91. The SMILES string of the molecule is CCN.Nc1ccc(Nc2ccc(N)cc2)cc1. The van der Waals surface area contributed by atoms with Crippen LogP contribution in [-0.2, 0) is 0 Å². The molecule has 0 fully saturated rings. The fourth-order valence-electron chi connectivity index (χ4n) is 1.30. The molecule has 0 aliphatic heterocycles. The van der Waals surface area contributed by atoms with E-state index in [-0.39, 0.29) is 0 Å². The van der Waals surface area contributed by atoms with Gasteiger partial charge in [-0.25, -0.2) is 0 Å². The van der Waals surface area contributed by atoms with Gasteiger partial charge in [-0.05, 0) is 55.1 Å². The van der Waals surface area contributed by atoms with E-state index in [2.05, 4.69) is 5.32 Å². The largest absolute Gasteiger partial charge is 0.399 e. The highest BCUT2D eigenvalue weighted by molar-refractivity contribution is 5.63. The summed E-state index contributed by atoms with van der Waals surface area (Å²) in [7, 11) is 0. The molecule has 0 radical (unpaired) electrons. The van der Waals surface area contributed by atoms with Crippen molar-refractivity contribution in [3.63, 3.8) is 0 Å². The number of hydrogen-bond donors (Lipinski definition) is 4. The number of nitrogens with two attached hydrogens (primary N) is 3. The quantitative estimate of drug-likeness (QED) is 0.611. The standard InChI is InChI=1S/C12H13N3.C2H7N/c13-9-1-5-11(6-2-9)15-12-7-3-10(14)4-8-12;1-2-3/h1-8,15H,13-14H2;2-3H2,1H3. The molecule has 96 valence electrons. The lowest BCUT2D eigenvalue weighted by molar-refractivity contribution is 1.14. The summed E-state index contributed by atoms with van der Waals surface area (Å²) in [6.07, 6.45) is 0. The van der Waals surface area contributed by atoms with Crippen LogP contribution in [-0.4, -0.2) is 6.54 Å². The van der Waals surface area contributed by atoms with Crippen LogP contribution in [0.15, 0.2) is 48.5 Å². The minimum Gasteiger partial charge on any atom is -0.399 e. The van der Waals surface area contributed by atoms with Gasteiger partial charge in [-0.1, -0.05) is 6.92 Å². The molecule has 0 amide bonds. The second kappa shape index (κ2) is 7.19. The number of benzene rings is 2. The maximum Gasteiger partial charge on any atom is 0.0385 e. The minimum absolute atomic E-state index is 0.750. The normalized spacial score (nSPS) is 9.22. The van der Waals surface area contributed by atoms with Crippen molar-refractivity contribution in [2.75, 3.05) is 23.3 Å². The van der Waals surface area contributed by atoms with Gasteiger partial charge >= 0.3 is 0 Å². The lowest BCUT2D eigenvalue weighted by atomic mass is 10.2. The summed E-state index contributed by atoms with van der Waals surface area (Å²) < 4.78 is 0. The molecule has 0 saturated heterocycles. The van der Waals surface area contributed by atoms with Gasteiger partial charge < -0.3 is 22.5 Å². The summed E-state index contributed by atoms with van der Waals surface area (Å²) >= 11 is 0. The molecule has 0 atom stereocenters. The predicted octanol–water partition coefficient (Wildman–Crippen LogP) is 2.56. The van der Waals surface area contributed by atoms with Crippen molar-refractivity contribution < 1.29 is 0 Å². The van der Waals surface area contributed by atoms with Crippen LogP contribution in [0.4, 0.5) is 22.7 Å². The van der Waals surface area contributed by atoms with Crippen LogP contribution < -0.4 is 22.5 Å². The molecule has 2 rings (SSSR count). The molecule has 4 nitrogen and oxygen atoms in total. The van der Waals surface area contributed by atoms with Crippen molar-refractivity contribution in [3.05, 3.63) is 48.5 Å². The molecular formula is C14H20N4. The molecule has 0 saturated carbocycles. The van der Waals surface area contributed by atoms with Crippen LogP contribution in [0.1, 0.15) is 6.92 Å². The third-order valence-electron chi connectivity index (χ3n) is 2.11. The number of nitrogen functional groups attached to an aromatic ring is 2. The van der Waals surface area contributed by atoms with Gasteiger partial charge in [0.2, 0.25) is 0 Å². The maximum absolute atomic E-state index is 5.60. The van der Waals surface area contributed by atoms with Gasteiger partial charge in [0.05, 0.1) is 0 Å². The van der Waals surface area contributed by atoms with Crippen LogP contribution >= 0.6 is 0 Å². The minimum atomic E-state index is 0.750. The van der Waals surface area contributed by atoms with Gasteiger partial charge in [0.25, 0.3) is 0 Å². The van der Waals surface area contributed by atoms with E-state index in [0.29, 0.717) is 0 Å². The van der Waals surface area contributed by atoms with Gasteiger partial charge in [0, 0.05) is 22.7 Å². The molecule has 0 aromatic heterocycles. The van der Waals surface area contributed by atoms with E-state index in [1.165, 1.54) is 0 Å². The Bertz CT molecular complexity index is 405. The first-order valence-corrected chi connectivity index (χ1v) is 5.84. The molecule has 2 aromatic carbocycles. The average molecular weight is 244 g/mol. The molecule has 2 aromatic rings. The van der Waals surface area contributed by atoms with E-state index in [1.54, 1.807) is 0 Å². The number of anilines is 4. The van der Waals surface area contributed by atoms with E-state index in [1.807, 2.05) is 55.5 Å². The summed E-state index contributed by atoms with van der Waals surface area (Å²) in [5, 5.41) is 3.25. The van der Waals surface area contributed by atoms with Crippen LogP contribution in [0.3, 0.4) is 0 Å². The molecular weight excluding hydrogens is 224 g/mol. The summed E-state index contributed by atoms with van der Waals surface area (Å²) in [6.45, 7) is 2.65. The smallest absolute Gasteiger partial charge is 0.0385 e. The van der Waals surface area contributed by atoms with E-state index >= 15 is 0 Å². The molecule has 0 bridgehead atoms. The Morgan fingerprint density at radius 3 is 1.33 bits per heavy atom. The second-order valence-corrected chi connectivity index (χ2v) is 3.78. The van der Waals surface area contributed by atoms with Crippen LogP contribution in [0.2, 0.25) is 0 Å². The van der Waals surface area contributed by atoms with Gasteiger partial charge in [-0.15, -0.1) is 0 Å². The monoisotopic (exact) mass is 244 g/mol. The van der Waals surface area contributed by atoms with Crippen molar-refractivity contribution in [2.45, 2.75) is 6.92 Å². The number of rotatable bonds is 2. The van der Waals surface area contributed by atoms with Crippen molar-refractivity contribution >= 4 is 22.7 Å². The second-order valence-electron chi connectivity index (χ2n) is 3.78. The molecule has 0 spiro atoms. The van der Waals surface area contributed by atoms with E-state index in [9.17, 15) is 0 Å². The molecule has 0 heterocycles. The Balaban J connectivity index is 0.000000492. The Morgan fingerprint density at radius 2 is 1.06 bits per heavy atom.